The number of carbonyl (C=O) groups excluding carboxylic acids is 1. The molecule has 0 aromatic heterocycles. The van der Waals surface area contributed by atoms with Crippen molar-refractivity contribution in [3.63, 3.8) is 0 Å². The van der Waals surface area contributed by atoms with Crippen molar-refractivity contribution < 1.29 is 17.1 Å². The Kier molecular flexibility index (Phi) is 4.37. The van der Waals surface area contributed by atoms with E-state index in [9.17, 15) is 17.1 Å². The molecule has 2 rings (SSSR count). The molecular weight excluding hydrogens is 293 g/mol. The van der Waals surface area contributed by atoms with Crippen LogP contribution in [0.3, 0.4) is 0 Å². The first-order chi connectivity index (χ1) is 9.65. The van der Waals surface area contributed by atoms with Crippen LogP contribution in [0.5, 0.6) is 0 Å². The zero-order valence-corrected chi connectivity index (χ0v) is 13.3. The van der Waals surface area contributed by atoms with Gasteiger partial charge in [-0.25, -0.2) is 0 Å². The SMILES string of the molecule is Cc1cc(C)cc(C(C)N2CC(CS(=O)(=O)F)CC2=O)c1. The van der Waals surface area contributed by atoms with Gasteiger partial charge in [0.05, 0.1) is 11.8 Å². The first-order valence-electron chi connectivity index (χ1n) is 6.95. The van der Waals surface area contributed by atoms with Gasteiger partial charge in [0.2, 0.25) is 5.91 Å². The van der Waals surface area contributed by atoms with Crippen molar-refractivity contribution in [2.24, 2.45) is 5.92 Å². The molecule has 116 valence electrons. The van der Waals surface area contributed by atoms with Crippen molar-refractivity contribution in [2.75, 3.05) is 12.3 Å². The summed E-state index contributed by atoms with van der Waals surface area (Å²) in [4.78, 5) is 13.7. The van der Waals surface area contributed by atoms with Gasteiger partial charge >= 0.3 is 10.2 Å². The summed E-state index contributed by atoms with van der Waals surface area (Å²) in [5.74, 6) is -1.15. The van der Waals surface area contributed by atoms with E-state index in [4.69, 9.17) is 0 Å². The molecule has 2 atom stereocenters. The van der Waals surface area contributed by atoms with Crippen LogP contribution in [0.25, 0.3) is 0 Å². The molecule has 0 saturated carbocycles. The van der Waals surface area contributed by atoms with Crippen molar-refractivity contribution in [1.82, 2.24) is 4.90 Å². The Morgan fingerprint density at radius 2 is 1.86 bits per heavy atom. The highest BCUT2D eigenvalue weighted by atomic mass is 32.3. The minimum Gasteiger partial charge on any atom is -0.336 e. The number of amides is 1. The lowest BCUT2D eigenvalue weighted by Gasteiger charge is -2.26. The molecule has 1 fully saturated rings. The van der Waals surface area contributed by atoms with Gasteiger partial charge in [-0.15, -0.1) is 3.89 Å². The van der Waals surface area contributed by atoms with Crippen LogP contribution >= 0.6 is 0 Å². The summed E-state index contributed by atoms with van der Waals surface area (Å²) >= 11 is 0. The molecule has 1 saturated heterocycles. The van der Waals surface area contributed by atoms with Crippen LogP contribution in [0.1, 0.15) is 36.1 Å². The smallest absolute Gasteiger partial charge is 0.302 e. The fourth-order valence-electron chi connectivity index (χ4n) is 3.01. The van der Waals surface area contributed by atoms with E-state index < -0.39 is 21.9 Å². The topological polar surface area (TPSA) is 54.5 Å². The van der Waals surface area contributed by atoms with Crippen LogP contribution < -0.4 is 0 Å². The van der Waals surface area contributed by atoms with E-state index in [1.807, 2.05) is 32.9 Å². The molecule has 0 bridgehead atoms. The van der Waals surface area contributed by atoms with Gasteiger partial charge in [-0.3, -0.25) is 4.79 Å². The molecule has 6 heteroatoms. The maximum Gasteiger partial charge on any atom is 0.302 e. The molecule has 0 N–H and O–H groups in total. The lowest BCUT2D eigenvalue weighted by Crippen LogP contribution is -2.29. The van der Waals surface area contributed by atoms with E-state index in [-0.39, 0.29) is 24.9 Å². The number of rotatable bonds is 4. The molecule has 21 heavy (non-hydrogen) atoms. The van der Waals surface area contributed by atoms with Crippen LogP contribution in [0.15, 0.2) is 18.2 Å². The van der Waals surface area contributed by atoms with Gasteiger partial charge in [0.1, 0.15) is 0 Å². The van der Waals surface area contributed by atoms with Gasteiger partial charge in [0, 0.05) is 18.9 Å². The molecular formula is C15H20FNO3S. The standard InChI is InChI=1S/C15H20FNO3S/c1-10-4-11(2)6-14(5-10)12(3)17-8-13(7-15(17)18)9-21(16,19)20/h4-6,12-13H,7-9H2,1-3H3. The largest absolute Gasteiger partial charge is 0.336 e. The molecule has 0 radical (unpaired) electrons. The average Bonchev–Trinajstić information content (AvgIpc) is 2.65. The number of carbonyl (C=O) groups is 1. The van der Waals surface area contributed by atoms with Crippen LogP contribution in [0.2, 0.25) is 0 Å². The Hall–Kier alpha value is -1.43. The summed E-state index contributed by atoms with van der Waals surface area (Å²) in [5, 5.41) is 0. The highest BCUT2D eigenvalue weighted by molar-refractivity contribution is 7.86. The van der Waals surface area contributed by atoms with Gasteiger partial charge in [-0.2, -0.15) is 8.42 Å². The zero-order chi connectivity index (χ0) is 15.8. The molecule has 1 aromatic carbocycles. The first kappa shape index (κ1) is 15.9. The molecule has 1 aromatic rings. The summed E-state index contributed by atoms with van der Waals surface area (Å²) < 4.78 is 34.2. The van der Waals surface area contributed by atoms with Gasteiger partial charge in [0.15, 0.2) is 0 Å². The van der Waals surface area contributed by atoms with Crippen LogP contribution in [-0.2, 0) is 15.0 Å². The second kappa shape index (κ2) is 5.75. The van der Waals surface area contributed by atoms with E-state index in [0.29, 0.717) is 0 Å². The third-order valence-electron chi connectivity index (χ3n) is 3.87. The summed E-state index contributed by atoms with van der Waals surface area (Å²) in [6, 6.07) is 5.96. The molecule has 1 heterocycles. The minimum atomic E-state index is -4.54. The first-order valence-corrected chi connectivity index (χ1v) is 8.51. The fraction of sp³-hybridized carbons (Fsp3) is 0.533. The molecule has 1 aliphatic heterocycles. The Morgan fingerprint density at radius 1 is 1.29 bits per heavy atom. The van der Waals surface area contributed by atoms with E-state index in [1.165, 1.54) is 0 Å². The Labute approximate surface area is 125 Å². The number of hydrogen-bond acceptors (Lipinski definition) is 3. The highest BCUT2D eigenvalue weighted by Crippen LogP contribution is 2.30. The maximum atomic E-state index is 12.8. The van der Waals surface area contributed by atoms with Crippen molar-refractivity contribution in [2.45, 2.75) is 33.2 Å². The number of likely N-dealkylation sites (tertiary alicyclic amines) is 1. The second-order valence-corrected chi connectivity index (χ2v) is 7.33. The molecule has 4 nitrogen and oxygen atoms in total. The third kappa shape index (κ3) is 4.03. The van der Waals surface area contributed by atoms with Gasteiger partial charge in [-0.05, 0) is 26.3 Å². The normalized spacial score (nSPS) is 20.9. The number of nitrogens with zero attached hydrogens (tertiary/aromatic N) is 1. The van der Waals surface area contributed by atoms with Gasteiger partial charge < -0.3 is 4.90 Å². The number of aryl methyl sites for hydroxylation is 2. The van der Waals surface area contributed by atoms with Crippen molar-refractivity contribution >= 4 is 16.1 Å². The Bertz CT molecular complexity index is 637. The number of halogens is 1. The Balaban J connectivity index is 2.16. The predicted octanol–water partition coefficient (Wildman–Crippen LogP) is 2.51. The van der Waals surface area contributed by atoms with E-state index in [0.717, 1.165) is 16.7 Å². The zero-order valence-electron chi connectivity index (χ0n) is 12.5. The van der Waals surface area contributed by atoms with Crippen LogP contribution in [0.4, 0.5) is 3.89 Å². The van der Waals surface area contributed by atoms with E-state index >= 15 is 0 Å². The average molecular weight is 313 g/mol. The van der Waals surface area contributed by atoms with E-state index in [1.54, 1.807) is 4.90 Å². The lowest BCUT2D eigenvalue weighted by molar-refractivity contribution is -0.129. The minimum absolute atomic E-state index is 0.0955. The number of benzene rings is 1. The van der Waals surface area contributed by atoms with E-state index in [2.05, 4.69) is 6.07 Å². The Morgan fingerprint density at radius 3 is 2.38 bits per heavy atom. The lowest BCUT2D eigenvalue weighted by atomic mass is 10.0. The highest BCUT2D eigenvalue weighted by Gasteiger charge is 2.35. The fourth-order valence-corrected chi connectivity index (χ4v) is 3.79. The summed E-state index contributed by atoms with van der Waals surface area (Å²) in [6.45, 7) is 6.19. The third-order valence-corrected chi connectivity index (χ3v) is 4.74. The van der Waals surface area contributed by atoms with Crippen LogP contribution in [0, 0.1) is 19.8 Å². The molecule has 1 aliphatic rings. The molecule has 1 amide bonds. The summed E-state index contributed by atoms with van der Waals surface area (Å²) in [5.41, 5.74) is 3.25. The number of hydrogen-bond donors (Lipinski definition) is 0. The molecule has 0 spiro atoms. The van der Waals surface area contributed by atoms with Gasteiger partial charge in [0.25, 0.3) is 0 Å². The monoisotopic (exact) mass is 313 g/mol. The molecule has 2 unspecified atom stereocenters. The summed E-state index contributed by atoms with van der Waals surface area (Å²) in [7, 11) is -4.54. The second-order valence-electron chi connectivity index (χ2n) is 5.92. The van der Waals surface area contributed by atoms with Crippen molar-refractivity contribution in [3.05, 3.63) is 34.9 Å². The molecule has 0 aliphatic carbocycles. The van der Waals surface area contributed by atoms with Gasteiger partial charge in [-0.1, -0.05) is 29.3 Å². The van der Waals surface area contributed by atoms with Crippen LogP contribution in [-0.4, -0.2) is 31.5 Å². The maximum absolute atomic E-state index is 12.8. The van der Waals surface area contributed by atoms with Crippen molar-refractivity contribution in [3.8, 4) is 0 Å². The van der Waals surface area contributed by atoms with Crippen molar-refractivity contribution in [1.29, 1.82) is 0 Å². The predicted molar refractivity (Wildman–Crippen MR) is 79.0 cm³/mol. The quantitative estimate of drug-likeness (QED) is 0.803. The summed E-state index contributed by atoms with van der Waals surface area (Å²) in [6.07, 6.45) is 0.0955.